The first-order valence-corrected chi connectivity index (χ1v) is 28.0. The fourth-order valence-corrected chi connectivity index (χ4v) is 15.2. The molecule has 2 nitrogen and oxygen atoms in total. The minimum Gasteiger partial charge on any atom is -0.311 e. The highest BCUT2D eigenvalue weighted by molar-refractivity contribution is 7.33. The summed E-state index contributed by atoms with van der Waals surface area (Å²) in [4.78, 5) is 5.25. The molecular formula is C71H63BN2S. The van der Waals surface area contributed by atoms with E-state index in [1.165, 1.54) is 149 Å². The molecule has 0 saturated heterocycles. The summed E-state index contributed by atoms with van der Waals surface area (Å²) in [6, 6.07) is 69.1. The molecule has 366 valence electrons. The molecule has 0 unspecified atom stereocenters. The van der Waals surface area contributed by atoms with Crippen molar-refractivity contribution in [3.63, 3.8) is 0 Å². The number of thiophene rings is 1. The molecule has 0 bridgehead atoms. The van der Waals surface area contributed by atoms with E-state index in [4.69, 9.17) is 0 Å². The lowest BCUT2D eigenvalue weighted by Crippen LogP contribution is -2.60. The number of anilines is 6. The summed E-state index contributed by atoms with van der Waals surface area (Å²) in [5.74, 6) is 0.402. The van der Waals surface area contributed by atoms with Gasteiger partial charge in [0, 0.05) is 43.3 Å². The van der Waals surface area contributed by atoms with Crippen LogP contribution in [0.1, 0.15) is 117 Å². The average Bonchev–Trinajstić information content (AvgIpc) is 4.25. The Kier molecular flexibility index (Phi) is 9.88. The third kappa shape index (κ3) is 6.51. The third-order valence-corrected chi connectivity index (χ3v) is 18.7. The van der Waals surface area contributed by atoms with E-state index in [0.29, 0.717) is 5.92 Å². The summed E-state index contributed by atoms with van der Waals surface area (Å²) in [5, 5.41) is 1.31. The molecule has 1 aromatic heterocycles. The average molecular weight is 987 g/mol. The zero-order valence-electron chi connectivity index (χ0n) is 45.2. The molecule has 0 radical (unpaired) electrons. The molecule has 0 N–H and O–H groups in total. The van der Waals surface area contributed by atoms with Crippen LogP contribution in [0.3, 0.4) is 0 Å². The molecule has 0 atom stereocenters. The summed E-state index contributed by atoms with van der Waals surface area (Å²) in [6.45, 7) is 25.4. The van der Waals surface area contributed by atoms with Crippen molar-refractivity contribution in [2.45, 2.75) is 98.3 Å². The molecule has 0 fully saturated rings. The second kappa shape index (κ2) is 16.1. The Morgan fingerprint density at radius 1 is 0.493 bits per heavy atom. The first-order valence-electron chi connectivity index (χ1n) is 27.1. The molecule has 4 heteroatoms. The Balaban J connectivity index is 1.09. The van der Waals surface area contributed by atoms with Crippen LogP contribution in [0.5, 0.6) is 0 Å². The van der Waals surface area contributed by atoms with Gasteiger partial charge in [0.2, 0.25) is 0 Å². The molecule has 3 heterocycles. The molecule has 0 amide bonds. The van der Waals surface area contributed by atoms with E-state index in [0.717, 1.165) is 0 Å². The second-order valence-electron chi connectivity index (χ2n) is 24.5. The smallest absolute Gasteiger partial charge is 0.264 e. The lowest BCUT2D eigenvalue weighted by Gasteiger charge is -2.43. The van der Waals surface area contributed by atoms with Gasteiger partial charge in [0.25, 0.3) is 6.71 Å². The molecule has 75 heavy (non-hydrogen) atoms. The molecule has 14 rings (SSSR count). The zero-order chi connectivity index (χ0) is 51.6. The first-order chi connectivity index (χ1) is 36.0. The van der Waals surface area contributed by atoms with Crippen molar-refractivity contribution < 1.29 is 0 Å². The highest BCUT2D eigenvalue weighted by atomic mass is 32.1. The van der Waals surface area contributed by atoms with E-state index in [1.807, 2.05) is 11.3 Å². The normalized spacial score (nSPS) is 14.5. The van der Waals surface area contributed by atoms with Gasteiger partial charge in [-0.2, -0.15) is 0 Å². The predicted molar refractivity (Wildman–Crippen MR) is 323 cm³/mol. The molecular weight excluding hydrogens is 924 g/mol. The zero-order valence-corrected chi connectivity index (χ0v) is 46.0. The van der Waals surface area contributed by atoms with Crippen LogP contribution >= 0.6 is 11.3 Å². The largest absolute Gasteiger partial charge is 0.311 e. The van der Waals surface area contributed by atoms with Gasteiger partial charge in [-0.1, -0.05) is 177 Å². The molecule has 0 saturated carbocycles. The number of nitrogens with zero attached hydrogens (tertiary/aromatic N) is 2. The number of hydrogen-bond acceptors (Lipinski definition) is 3. The van der Waals surface area contributed by atoms with Crippen LogP contribution < -0.4 is 25.5 Å². The highest BCUT2D eigenvalue weighted by Gasteiger charge is 2.53. The number of benzene rings is 9. The lowest BCUT2D eigenvalue weighted by atomic mass is 9.36. The van der Waals surface area contributed by atoms with Gasteiger partial charge in [0.15, 0.2) is 0 Å². The van der Waals surface area contributed by atoms with E-state index in [9.17, 15) is 0 Å². The van der Waals surface area contributed by atoms with E-state index in [2.05, 4.69) is 262 Å². The third-order valence-electron chi connectivity index (χ3n) is 17.5. The van der Waals surface area contributed by atoms with Gasteiger partial charge in [-0.05, 0) is 192 Å². The lowest BCUT2D eigenvalue weighted by molar-refractivity contribution is 0.590. The summed E-state index contributed by atoms with van der Waals surface area (Å²) < 4.78 is 2.72. The first kappa shape index (κ1) is 46.2. The van der Waals surface area contributed by atoms with Gasteiger partial charge < -0.3 is 9.80 Å². The van der Waals surface area contributed by atoms with E-state index in [1.54, 1.807) is 0 Å². The van der Waals surface area contributed by atoms with Crippen LogP contribution in [0.2, 0.25) is 0 Å². The van der Waals surface area contributed by atoms with Gasteiger partial charge in [0.1, 0.15) is 0 Å². The van der Waals surface area contributed by atoms with Gasteiger partial charge >= 0.3 is 0 Å². The maximum atomic E-state index is 2.65. The molecule has 1 spiro atoms. The number of aryl methyl sites for hydroxylation is 3. The minimum absolute atomic E-state index is 0.00201. The molecule has 4 aliphatic rings. The van der Waals surface area contributed by atoms with Gasteiger partial charge in [-0.15, -0.1) is 11.3 Å². The maximum absolute atomic E-state index is 2.65. The summed E-state index contributed by atoms with van der Waals surface area (Å²) >= 11 is 2.02. The van der Waals surface area contributed by atoms with Crippen molar-refractivity contribution in [1.29, 1.82) is 0 Å². The standard InChI is InChI=1S/C71H63BN2S/c1-41(2)45-23-33-53-54-39-55-64(40-59(54)71(58(53)37-45)56-21-14-12-19-51(56)52-20-13-15-22-57(52)71)75-68-67(55)74(50-31-27-48(28-32-50)70(9,10)11)63-36-42(3)35-62-66(63)72(68)60-34-24-46(65-43(4)17-16-18-44(65)5)38-61(60)73(62)49-29-25-47(26-30-49)69(6,7)8/h12-41H,1-11H3. The van der Waals surface area contributed by atoms with Gasteiger partial charge in [-0.25, -0.2) is 0 Å². The summed E-state index contributed by atoms with van der Waals surface area (Å²) in [5.41, 5.74) is 31.1. The van der Waals surface area contributed by atoms with E-state index < -0.39 is 5.41 Å². The topological polar surface area (TPSA) is 6.48 Å². The second-order valence-corrected chi connectivity index (χ2v) is 25.5. The van der Waals surface area contributed by atoms with E-state index in [-0.39, 0.29) is 17.5 Å². The molecule has 10 aromatic rings. The molecule has 2 aliphatic heterocycles. The van der Waals surface area contributed by atoms with Crippen molar-refractivity contribution in [2.75, 3.05) is 9.80 Å². The van der Waals surface area contributed by atoms with Crippen molar-refractivity contribution in [2.24, 2.45) is 0 Å². The maximum Gasteiger partial charge on any atom is 0.264 e. The number of fused-ring (bicyclic) bond motifs is 16. The Morgan fingerprint density at radius 2 is 1.05 bits per heavy atom. The van der Waals surface area contributed by atoms with Crippen molar-refractivity contribution in [3.8, 4) is 33.4 Å². The fraction of sp³-hybridized carbons (Fsp3) is 0.211. The quantitative estimate of drug-likeness (QED) is 0.162. The Morgan fingerprint density at radius 3 is 1.65 bits per heavy atom. The van der Waals surface area contributed by atoms with E-state index >= 15 is 0 Å². The number of hydrogen-bond donors (Lipinski definition) is 0. The predicted octanol–water partition coefficient (Wildman–Crippen LogP) is 17.6. The fourth-order valence-electron chi connectivity index (χ4n) is 13.8. The Bertz CT molecular complexity index is 3980. The van der Waals surface area contributed by atoms with Crippen LogP contribution in [-0.4, -0.2) is 6.71 Å². The van der Waals surface area contributed by atoms with Crippen molar-refractivity contribution in [3.05, 3.63) is 232 Å². The summed E-state index contributed by atoms with van der Waals surface area (Å²) in [7, 11) is 0. The van der Waals surface area contributed by atoms with Crippen LogP contribution in [0.15, 0.2) is 176 Å². The Hall–Kier alpha value is -7.40. The van der Waals surface area contributed by atoms with Crippen molar-refractivity contribution >= 4 is 78.0 Å². The van der Waals surface area contributed by atoms with Crippen LogP contribution in [-0.2, 0) is 16.2 Å². The van der Waals surface area contributed by atoms with Crippen LogP contribution in [0.25, 0.3) is 43.5 Å². The highest BCUT2D eigenvalue weighted by Crippen LogP contribution is 2.64. The van der Waals surface area contributed by atoms with Gasteiger partial charge in [-0.3, -0.25) is 0 Å². The van der Waals surface area contributed by atoms with Crippen LogP contribution in [0, 0.1) is 20.8 Å². The van der Waals surface area contributed by atoms with Gasteiger partial charge in [0.05, 0.1) is 11.1 Å². The number of rotatable bonds is 4. The molecule has 2 aliphatic carbocycles. The Labute approximate surface area is 448 Å². The van der Waals surface area contributed by atoms with Crippen molar-refractivity contribution in [1.82, 2.24) is 0 Å². The van der Waals surface area contributed by atoms with Crippen LogP contribution in [0.4, 0.5) is 34.1 Å². The SMILES string of the molecule is Cc1cc2c3c(c1)N(c1ccc(C(C)(C)C)cc1)c1c(sc4cc5c(cc14)-c1ccc(C(C)C)cc1C51c4ccccc4-c4ccccc41)B3c1ccc(-c3c(C)cccc3C)cc1N2c1ccc(C(C)(C)C)cc1. The minimum atomic E-state index is -0.443. The molecule has 9 aromatic carbocycles. The monoisotopic (exact) mass is 986 g/mol. The summed E-state index contributed by atoms with van der Waals surface area (Å²) in [6.07, 6.45) is 0.